The highest BCUT2D eigenvalue weighted by molar-refractivity contribution is 5.78. The van der Waals surface area contributed by atoms with E-state index in [-0.39, 0.29) is 17.7 Å². The van der Waals surface area contributed by atoms with Crippen LogP contribution >= 0.6 is 0 Å². The van der Waals surface area contributed by atoms with E-state index in [2.05, 4.69) is 12.2 Å². The molecule has 0 aromatic rings. The van der Waals surface area contributed by atoms with Crippen molar-refractivity contribution in [3.05, 3.63) is 0 Å². The lowest BCUT2D eigenvalue weighted by Crippen LogP contribution is -2.46. The van der Waals surface area contributed by atoms with Gasteiger partial charge in [0.15, 0.2) is 0 Å². The van der Waals surface area contributed by atoms with Gasteiger partial charge in [0.25, 0.3) is 0 Å². The van der Waals surface area contributed by atoms with Gasteiger partial charge in [-0.25, -0.2) is 0 Å². The van der Waals surface area contributed by atoms with E-state index < -0.39 is 18.1 Å². The largest absolute Gasteiger partial charge is 0.391 e. The van der Waals surface area contributed by atoms with Crippen molar-refractivity contribution in [1.82, 2.24) is 5.32 Å². The second-order valence-corrected chi connectivity index (χ2v) is 7.34. The summed E-state index contributed by atoms with van der Waals surface area (Å²) < 4.78 is 0. The average Bonchev–Trinajstić information content (AvgIpc) is 2.35. The molecule has 5 nitrogen and oxygen atoms in total. The van der Waals surface area contributed by atoms with Gasteiger partial charge < -0.3 is 16.2 Å². The van der Waals surface area contributed by atoms with E-state index in [1.807, 2.05) is 20.8 Å². The van der Waals surface area contributed by atoms with Crippen LogP contribution in [0, 0.1) is 5.41 Å². The third-order valence-corrected chi connectivity index (χ3v) is 3.56. The van der Waals surface area contributed by atoms with Crippen LogP contribution in [-0.4, -0.2) is 29.1 Å². The number of amides is 2. The van der Waals surface area contributed by atoms with Gasteiger partial charge in [-0.2, -0.15) is 0 Å². The van der Waals surface area contributed by atoms with Crippen LogP contribution in [0.25, 0.3) is 0 Å². The predicted octanol–water partition coefficient (Wildman–Crippen LogP) is 2.50. The van der Waals surface area contributed by atoms with Crippen molar-refractivity contribution in [3.8, 4) is 0 Å². The molecule has 0 aliphatic heterocycles. The lowest BCUT2D eigenvalue weighted by molar-refractivity contribution is -0.124. The Morgan fingerprint density at radius 3 is 2.23 bits per heavy atom. The third-order valence-electron chi connectivity index (χ3n) is 3.56. The summed E-state index contributed by atoms with van der Waals surface area (Å²) in [4.78, 5) is 23.1. The zero-order valence-electron chi connectivity index (χ0n) is 14.7. The molecule has 5 heteroatoms. The molecule has 0 aliphatic carbocycles. The van der Waals surface area contributed by atoms with Crippen molar-refractivity contribution in [2.45, 2.75) is 91.2 Å². The van der Waals surface area contributed by atoms with Crippen LogP contribution in [0.1, 0.15) is 79.1 Å². The number of nitrogens with two attached hydrogens (primary N) is 1. The van der Waals surface area contributed by atoms with Gasteiger partial charge in [0.2, 0.25) is 11.8 Å². The SMILES string of the molecule is CCCCCCCC(=O)N[C@H](CC(N)=O)C(O)CC(C)(C)C. The van der Waals surface area contributed by atoms with E-state index in [0.717, 1.165) is 19.3 Å². The highest BCUT2D eigenvalue weighted by atomic mass is 16.3. The molecular weight excluding hydrogens is 280 g/mol. The summed E-state index contributed by atoms with van der Waals surface area (Å²) in [6.07, 6.45) is 5.51. The van der Waals surface area contributed by atoms with Crippen LogP contribution in [-0.2, 0) is 9.59 Å². The summed E-state index contributed by atoms with van der Waals surface area (Å²) in [5.74, 6) is -0.628. The zero-order valence-corrected chi connectivity index (χ0v) is 14.7. The molecule has 0 spiro atoms. The molecule has 0 saturated heterocycles. The number of hydrogen-bond donors (Lipinski definition) is 3. The second-order valence-electron chi connectivity index (χ2n) is 7.34. The molecule has 4 N–H and O–H groups in total. The van der Waals surface area contributed by atoms with Gasteiger partial charge in [0, 0.05) is 12.8 Å². The minimum atomic E-state index is -0.767. The van der Waals surface area contributed by atoms with Gasteiger partial charge in [-0.1, -0.05) is 53.4 Å². The summed E-state index contributed by atoms with van der Waals surface area (Å²) >= 11 is 0. The van der Waals surface area contributed by atoms with Gasteiger partial charge in [-0.15, -0.1) is 0 Å². The molecule has 0 bridgehead atoms. The zero-order chi connectivity index (χ0) is 17.2. The van der Waals surface area contributed by atoms with E-state index >= 15 is 0 Å². The van der Waals surface area contributed by atoms with Crippen molar-refractivity contribution in [3.63, 3.8) is 0 Å². The Kier molecular flexibility index (Phi) is 10.1. The summed E-state index contributed by atoms with van der Waals surface area (Å²) in [7, 11) is 0. The first-order chi connectivity index (χ1) is 10.2. The Balaban J connectivity index is 4.33. The topological polar surface area (TPSA) is 92.4 Å². The lowest BCUT2D eigenvalue weighted by atomic mass is 9.86. The molecule has 130 valence electrons. The van der Waals surface area contributed by atoms with Crippen LogP contribution in [0.2, 0.25) is 0 Å². The monoisotopic (exact) mass is 314 g/mol. The summed E-state index contributed by atoms with van der Waals surface area (Å²) in [6.45, 7) is 8.17. The molecule has 1 unspecified atom stereocenters. The molecule has 0 heterocycles. The number of carbonyl (C=O) groups excluding carboxylic acids is 2. The summed E-state index contributed by atoms with van der Waals surface area (Å²) in [5, 5.41) is 13.0. The normalized spacial score (nSPS) is 14.4. The number of hydrogen-bond acceptors (Lipinski definition) is 3. The first-order valence-electron chi connectivity index (χ1n) is 8.41. The van der Waals surface area contributed by atoms with Crippen molar-refractivity contribution in [2.75, 3.05) is 0 Å². The van der Waals surface area contributed by atoms with Crippen molar-refractivity contribution in [1.29, 1.82) is 0 Å². The first kappa shape index (κ1) is 20.9. The number of aliphatic hydroxyl groups is 1. The fraction of sp³-hybridized carbons (Fsp3) is 0.882. The fourth-order valence-electron chi connectivity index (χ4n) is 2.44. The van der Waals surface area contributed by atoms with Gasteiger partial charge in [-0.05, 0) is 18.3 Å². The Bertz CT molecular complexity index is 337. The van der Waals surface area contributed by atoms with Crippen molar-refractivity contribution < 1.29 is 14.7 Å². The molecule has 0 aliphatic rings. The van der Waals surface area contributed by atoms with Crippen molar-refractivity contribution >= 4 is 11.8 Å². The predicted molar refractivity (Wildman–Crippen MR) is 89.2 cm³/mol. The quantitative estimate of drug-likeness (QED) is 0.512. The standard InChI is InChI=1S/C17H34N2O3/c1-5-6-7-8-9-10-16(22)19-13(11-15(18)21)14(20)12-17(2,3)4/h13-14,20H,5-12H2,1-4H3,(H2,18,21)(H,19,22)/t13-,14?/m1/s1. The van der Waals surface area contributed by atoms with E-state index in [4.69, 9.17) is 5.73 Å². The second kappa shape index (κ2) is 10.6. The van der Waals surface area contributed by atoms with Crippen LogP contribution < -0.4 is 11.1 Å². The number of aliphatic hydroxyl groups excluding tert-OH is 1. The highest BCUT2D eigenvalue weighted by Crippen LogP contribution is 2.23. The molecule has 2 atom stereocenters. The molecule has 0 aromatic heterocycles. The van der Waals surface area contributed by atoms with E-state index in [0.29, 0.717) is 12.8 Å². The van der Waals surface area contributed by atoms with Gasteiger partial charge in [0.1, 0.15) is 0 Å². The molecule has 0 saturated carbocycles. The molecule has 2 amide bonds. The highest BCUT2D eigenvalue weighted by Gasteiger charge is 2.27. The van der Waals surface area contributed by atoms with Gasteiger partial charge in [-0.3, -0.25) is 9.59 Å². The lowest BCUT2D eigenvalue weighted by Gasteiger charge is -2.28. The van der Waals surface area contributed by atoms with E-state index in [9.17, 15) is 14.7 Å². The minimum absolute atomic E-state index is 0.0289. The molecule has 22 heavy (non-hydrogen) atoms. The number of rotatable bonds is 11. The summed E-state index contributed by atoms with van der Waals surface area (Å²) in [5.41, 5.74) is 5.14. The van der Waals surface area contributed by atoms with E-state index in [1.54, 1.807) is 0 Å². The van der Waals surface area contributed by atoms with Crippen LogP contribution in [0.3, 0.4) is 0 Å². The Hall–Kier alpha value is -1.10. The number of nitrogens with one attached hydrogen (secondary N) is 1. The molecule has 0 fully saturated rings. The number of primary amides is 1. The minimum Gasteiger partial charge on any atom is -0.391 e. The number of unbranched alkanes of at least 4 members (excludes halogenated alkanes) is 4. The Labute approximate surface area is 135 Å². The Morgan fingerprint density at radius 2 is 1.73 bits per heavy atom. The number of carbonyl (C=O) groups is 2. The maximum atomic E-state index is 12.0. The average molecular weight is 314 g/mol. The summed E-state index contributed by atoms with van der Waals surface area (Å²) in [6, 6.07) is -0.597. The third kappa shape index (κ3) is 11.5. The molecular formula is C17H34N2O3. The maximum absolute atomic E-state index is 12.0. The molecule has 0 radical (unpaired) electrons. The Morgan fingerprint density at radius 1 is 1.14 bits per heavy atom. The van der Waals surface area contributed by atoms with Gasteiger partial charge >= 0.3 is 0 Å². The van der Waals surface area contributed by atoms with Crippen molar-refractivity contribution in [2.24, 2.45) is 11.1 Å². The van der Waals surface area contributed by atoms with E-state index in [1.165, 1.54) is 12.8 Å². The molecule has 0 aromatic carbocycles. The van der Waals surface area contributed by atoms with Crippen LogP contribution in [0.4, 0.5) is 0 Å². The first-order valence-corrected chi connectivity index (χ1v) is 8.41. The maximum Gasteiger partial charge on any atom is 0.220 e. The molecule has 0 rings (SSSR count). The smallest absolute Gasteiger partial charge is 0.220 e. The van der Waals surface area contributed by atoms with Crippen LogP contribution in [0.15, 0.2) is 0 Å². The van der Waals surface area contributed by atoms with Gasteiger partial charge in [0.05, 0.1) is 12.1 Å². The fourth-order valence-corrected chi connectivity index (χ4v) is 2.44. The van der Waals surface area contributed by atoms with Crippen LogP contribution in [0.5, 0.6) is 0 Å².